The van der Waals surface area contributed by atoms with E-state index in [1.54, 1.807) is 0 Å². The van der Waals surface area contributed by atoms with Crippen molar-refractivity contribution in [2.24, 2.45) is 10.9 Å². The van der Waals surface area contributed by atoms with Crippen molar-refractivity contribution in [2.75, 3.05) is 26.7 Å². The van der Waals surface area contributed by atoms with E-state index in [2.05, 4.69) is 16.0 Å². The molecule has 0 aliphatic carbocycles. The van der Waals surface area contributed by atoms with E-state index in [9.17, 15) is 0 Å². The van der Waals surface area contributed by atoms with Gasteiger partial charge in [0.05, 0.1) is 18.8 Å². The van der Waals surface area contributed by atoms with Crippen LogP contribution in [-0.2, 0) is 0 Å². The third-order valence-electron chi connectivity index (χ3n) is 1.91. The summed E-state index contributed by atoms with van der Waals surface area (Å²) in [6.07, 6.45) is 0. The molecule has 1 aliphatic heterocycles. The Morgan fingerprint density at radius 1 is 1.89 bits per heavy atom. The minimum atomic E-state index is 0.662. The zero-order valence-corrected chi connectivity index (χ0v) is 5.93. The van der Waals surface area contributed by atoms with E-state index in [4.69, 9.17) is 0 Å². The molecule has 1 atom stereocenters. The van der Waals surface area contributed by atoms with Crippen molar-refractivity contribution in [2.45, 2.75) is 0 Å². The Labute approximate surface area is 55.3 Å². The smallest absolute Gasteiger partial charge is 0.115 e. The lowest BCUT2D eigenvalue weighted by molar-refractivity contribution is -0.635. The molecular formula is C6H15N3+2. The average molecular weight is 129 g/mol. The molecule has 1 saturated heterocycles. The number of hydrogen-bond donors (Lipinski definition) is 2. The molecule has 0 spiro atoms. The zero-order chi connectivity index (χ0) is 6.69. The van der Waals surface area contributed by atoms with Crippen LogP contribution in [0.2, 0.25) is 0 Å². The van der Waals surface area contributed by atoms with E-state index in [0.29, 0.717) is 5.92 Å². The summed E-state index contributed by atoms with van der Waals surface area (Å²) in [5.41, 5.74) is 5.20. The van der Waals surface area contributed by atoms with Gasteiger partial charge in [-0.1, -0.05) is 0 Å². The van der Waals surface area contributed by atoms with E-state index in [-0.39, 0.29) is 0 Å². The van der Waals surface area contributed by atoms with Crippen LogP contribution in [-0.4, -0.2) is 32.4 Å². The van der Waals surface area contributed by atoms with Crippen LogP contribution in [0.15, 0.2) is 4.99 Å². The minimum Gasteiger partial charge on any atom is -0.357 e. The largest absolute Gasteiger partial charge is 0.357 e. The van der Waals surface area contributed by atoms with E-state index in [0.717, 1.165) is 13.1 Å². The van der Waals surface area contributed by atoms with Gasteiger partial charge >= 0.3 is 0 Å². The monoisotopic (exact) mass is 129 g/mol. The molecule has 0 aromatic heterocycles. The van der Waals surface area contributed by atoms with Gasteiger partial charge in [0, 0.05) is 7.05 Å². The van der Waals surface area contributed by atoms with Crippen molar-refractivity contribution < 1.29 is 11.1 Å². The van der Waals surface area contributed by atoms with Crippen molar-refractivity contribution in [1.29, 1.82) is 0 Å². The fourth-order valence-electron chi connectivity index (χ4n) is 1.29. The van der Waals surface area contributed by atoms with Crippen molar-refractivity contribution >= 4 is 5.71 Å². The number of nitrogens with two attached hydrogens (primary N) is 1. The Balaban J connectivity index is 2.52. The van der Waals surface area contributed by atoms with Crippen LogP contribution in [0.25, 0.3) is 0 Å². The molecule has 1 aliphatic rings. The van der Waals surface area contributed by atoms with Gasteiger partial charge in [0.15, 0.2) is 0 Å². The number of quaternary nitrogens is 2. The molecule has 1 fully saturated rings. The van der Waals surface area contributed by atoms with Gasteiger partial charge in [-0.05, 0) is 0 Å². The second-order valence-electron chi connectivity index (χ2n) is 2.43. The summed E-state index contributed by atoms with van der Waals surface area (Å²) in [4.78, 5) is 4.19. The topological polar surface area (TPSA) is 56.6 Å². The molecule has 5 N–H and O–H groups in total. The molecule has 3 heteroatoms. The number of nitrogens with zero attached hydrogens (tertiary/aromatic N) is 1. The summed E-state index contributed by atoms with van der Waals surface area (Å²) in [5.74, 6) is 0.662. The van der Waals surface area contributed by atoms with Crippen molar-refractivity contribution in [3.8, 4) is 0 Å². The lowest BCUT2D eigenvalue weighted by Crippen LogP contribution is -2.82. The van der Waals surface area contributed by atoms with Gasteiger partial charge in [-0.3, -0.25) is 4.99 Å². The van der Waals surface area contributed by atoms with Crippen molar-refractivity contribution in [3.63, 3.8) is 0 Å². The first-order valence-corrected chi connectivity index (χ1v) is 3.45. The first-order valence-electron chi connectivity index (χ1n) is 3.45. The highest BCUT2D eigenvalue weighted by atomic mass is 15.0. The quantitative estimate of drug-likeness (QED) is 0.393. The first kappa shape index (κ1) is 6.71. The van der Waals surface area contributed by atoms with Gasteiger partial charge in [-0.15, -0.1) is 0 Å². The molecule has 0 radical (unpaired) electrons. The third-order valence-corrected chi connectivity index (χ3v) is 1.91. The highest BCUT2D eigenvalue weighted by molar-refractivity contribution is 5.88. The predicted molar refractivity (Wildman–Crippen MR) is 36.3 cm³/mol. The molecular weight excluding hydrogens is 114 g/mol. The molecule has 1 unspecified atom stereocenters. The fourth-order valence-corrected chi connectivity index (χ4v) is 1.29. The van der Waals surface area contributed by atoms with Crippen LogP contribution in [0.5, 0.6) is 0 Å². The van der Waals surface area contributed by atoms with E-state index >= 15 is 0 Å². The Kier molecular flexibility index (Phi) is 2.19. The molecule has 0 aromatic carbocycles. The van der Waals surface area contributed by atoms with E-state index in [1.165, 1.54) is 12.3 Å². The molecule has 52 valence electrons. The van der Waals surface area contributed by atoms with E-state index < -0.39 is 0 Å². The van der Waals surface area contributed by atoms with Crippen LogP contribution in [0.3, 0.4) is 0 Å². The minimum absolute atomic E-state index is 0.662. The molecule has 0 aromatic rings. The normalized spacial score (nSPS) is 31.8. The Hall–Kier alpha value is -0.410. The van der Waals surface area contributed by atoms with Crippen molar-refractivity contribution in [1.82, 2.24) is 0 Å². The van der Waals surface area contributed by atoms with Gasteiger partial charge in [0.2, 0.25) is 0 Å². The van der Waals surface area contributed by atoms with E-state index in [1.807, 2.05) is 7.05 Å². The second-order valence-corrected chi connectivity index (χ2v) is 2.43. The van der Waals surface area contributed by atoms with Crippen LogP contribution in [0, 0.1) is 5.92 Å². The fraction of sp³-hybridized carbons (Fsp3) is 0.833. The molecule has 0 bridgehead atoms. The number of aliphatic imine (C=N–C) groups is 1. The molecule has 3 nitrogen and oxygen atoms in total. The number of rotatable bonds is 1. The lowest BCUT2D eigenvalue weighted by Gasteiger charge is -1.97. The van der Waals surface area contributed by atoms with Crippen LogP contribution >= 0.6 is 0 Å². The Morgan fingerprint density at radius 3 is 3.11 bits per heavy atom. The molecule has 1 heterocycles. The third kappa shape index (κ3) is 1.28. The number of hydrogen-bond acceptors (Lipinski definition) is 1. The van der Waals surface area contributed by atoms with Gasteiger partial charge in [-0.2, -0.15) is 0 Å². The summed E-state index contributed by atoms with van der Waals surface area (Å²) < 4.78 is 0. The molecule has 0 saturated carbocycles. The second kappa shape index (κ2) is 2.94. The lowest BCUT2D eigenvalue weighted by atomic mass is 10.1. The summed E-state index contributed by atoms with van der Waals surface area (Å²) in [6.45, 7) is 3.29. The maximum Gasteiger partial charge on any atom is 0.115 e. The van der Waals surface area contributed by atoms with Crippen molar-refractivity contribution in [3.05, 3.63) is 0 Å². The predicted octanol–water partition coefficient (Wildman–Crippen LogP) is -2.51. The average Bonchev–Trinajstić information content (AvgIpc) is 2.33. The zero-order valence-electron chi connectivity index (χ0n) is 5.93. The highest BCUT2D eigenvalue weighted by Gasteiger charge is 2.24. The Morgan fingerprint density at radius 2 is 2.67 bits per heavy atom. The molecule has 0 amide bonds. The van der Waals surface area contributed by atoms with Gasteiger partial charge < -0.3 is 11.1 Å². The summed E-state index contributed by atoms with van der Waals surface area (Å²) >= 11 is 0. The summed E-state index contributed by atoms with van der Waals surface area (Å²) in [5, 5.41) is 2.29. The SMILES string of the molecule is CN=C1C[NH2+]CC1C[NH3+]. The summed E-state index contributed by atoms with van der Waals surface area (Å²) in [7, 11) is 1.87. The first-order chi connectivity index (χ1) is 4.38. The summed E-state index contributed by atoms with van der Waals surface area (Å²) in [6, 6.07) is 0. The maximum absolute atomic E-state index is 4.19. The van der Waals surface area contributed by atoms with Gasteiger partial charge in [-0.25, -0.2) is 0 Å². The van der Waals surface area contributed by atoms with Gasteiger partial charge in [0.1, 0.15) is 12.5 Å². The standard InChI is InChI=1S/C6H13N3/c1-8-6-4-9-3-5(6)2-7/h5,9H,2-4,7H2,1H3/p+2. The van der Waals surface area contributed by atoms with Crippen LogP contribution < -0.4 is 11.1 Å². The Bertz CT molecular complexity index is 119. The van der Waals surface area contributed by atoms with Crippen LogP contribution in [0.4, 0.5) is 0 Å². The molecule has 9 heavy (non-hydrogen) atoms. The van der Waals surface area contributed by atoms with Crippen LogP contribution in [0.1, 0.15) is 0 Å². The van der Waals surface area contributed by atoms with Gasteiger partial charge in [0.25, 0.3) is 0 Å². The molecule has 1 rings (SSSR count). The highest BCUT2D eigenvalue weighted by Crippen LogP contribution is 1.95. The maximum atomic E-state index is 4.19.